The molecule has 0 aromatic carbocycles. The number of hydrogen-bond acceptors (Lipinski definition) is 4. The lowest BCUT2D eigenvalue weighted by Crippen LogP contribution is -2.22. The molecule has 20 heavy (non-hydrogen) atoms. The Bertz CT molecular complexity index is 376. The summed E-state index contributed by atoms with van der Waals surface area (Å²) in [5, 5.41) is 3.45. The fraction of sp³-hybridized carbons (Fsp3) is 0.750. The van der Waals surface area contributed by atoms with Crippen LogP contribution < -0.4 is 5.32 Å². The second-order valence-corrected chi connectivity index (χ2v) is 7.05. The lowest BCUT2D eigenvalue weighted by atomic mass is 10.4. The molecule has 1 aliphatic rings. The van der Waals surface area contributed by atoms with E-state index in [0.29, 0.717) is 0 Å². The zero-order chi connectivity index (χ0) is 14.2. The molecule has 1 aliphatic carbocycles. The third kappa shape index (κ3) is 6.35. The largest absolute Gasteiger partial charge is 0.380 e. The number of thiophene rings is 1. The van der Waals surface area contributed by atoms with E-state index in [9.17, 15) is 0 Å². The van der Waals surface area contributed by atoms with E-state index < -0.39 is 0 Å². The van der Waals surface area contributed by atoms with Gasteiger partial charge in [-0.15, -0.1) is 11.3 Å². The summed E-state index contributed by atoms with van der Waals surface area (Å²) in [5.41, 5.74) is 0. The van der Waals surface area contributed by atoms with E-state index in [1.807, 2.05) is 11.3 Å². The van der Waals surface area contributed by atoms with Crippen molar-refractivity contribution >= 4 is 11.3 Å². The van der Waals surface area contributed by atoms with Gasteiger partial charge in [-0.3, -0.25) is 4.90 Å². The minimum absolute atomic E-state index is 0.864. The SMILES string of the molecule is CCCNCc1ccc(CN(C)CCOCC2CC2)s1. The van der Waals surface area contributed by atoms with Crippen molar-refractivity contribution in [2.75, 3.05) is 33.4 Å². The van der Waals surface area contributed by atoms with Crippen LogP contribution in [-0.4, -0.2) is 38.3 Å². The molecule has 0 saturated heterocycles. The average molecular weight is 296 g/mol. The molecule has 114 valence electrons. The van der Waals surface area contributed by atoms with Crippen LogP contribution in [0.3, 0.4) is 0 Å². The van der Waals surface area contributed by atoms with E-state index in [4.69, 9.17) is 4.74 Å². The van der Waals surface area contributed by atoms with E-state index in [1.165, 1.54) is 29.0 Å². The van der Waals surface area contributed by atoms with Crippen LogP contribution in [0.2, 0.25) is 0 Å². The first-order valence-electron chi connectivity index (χ1n) is 7.82. The summed E-state index contributed by atoms with van der Waals surface area (Å²) in [6, 6.07) is 4.51. The van der Waals surface area contributed by atoms with Gasteiger partial charge in [-0.25, -0.2) is 0 Å². The smallest absolute Gasteiger partial charge is 0.0593 e. The Balaban J connectivity index is 1.58. The van der Waals surface area contributed by atoms with Crippen LogP contribution in [-0.2, 0) is 17.8 Å². The van der Waals surface area contributed by atoms with Crippen LogP contribution in [0.25, 0.3) is 0 Å². The molecular weight excluding hydrogens is 268 g/mol. The minimum atomic E-state index is 0.864. The van der Waals surface area contributed by atoms with Gasteiger partial charge in [-0.1, -0.05) is 6.92 Å². The molecule has 0 atom stereocenters. The molecule has 0 amide bonds. The van der Waals surface area contributed by atoms with Gasteiger partial charge in [0, 0.05) is 36.0 Å². The third-order valence-electron chi connectivity index (χ3n) is 3.54. The molecule has 4 heteroatoms. The number of nitrogens with one attached hydrogen (secondary N) is 1. The zero-order valence-electron chi connectivity index (χ0n) is 12.9. The lowest BCUT2D eigenvalue weighted by molar-refractivity contribution is 0.102. The summed E-state index contributed by atoms with van der Waals surface area (Å²) in [6.45, 7) is 8.20. The van der Waals surface area contributed by atoms with E-state index in [2.05, 4.69) is 36.3 Å². The maximum atomic E-state index is 5.69. The standard InChI is InChI=1S/C16H28N2OS/c1-3-8-17-11-15-6-7-16(20-15)12-18(2)9-10-19-13-14-4-5-14/h6-7,14,17H,3-5,8-13H2,1-2H3. The van der Waals surface area contributed by atoms with Gasteiger partial charge in [0.2, 0.25) is 0 Å². The third-order valence-corrected chi connectivity index (χ3v) is 4.61. The summed E-state index contributed by atoms with van der Waals surface area (Å²) >= 11 is 1.92. The van der Waals surface area contributed by atoms with Gasteiger partial charge in [0.05, 0.1) is 6.61 Å². The number of rotatable bonds is 11. The Morgan fingerprint density at radius 2 is 2.15 bits per heavy atom. The summed E-state index contributed by atoms with van der Waals surface area (Å²) in [5.74, 6) is 0.871. The molecule has 0 radical (unpaired) electrons. The summed E-state index contributed by atoms with van der Waals surface area (Å²) < 4.78 is 5.69. The van der Waals surface area contributed by atoms with Gasteiger partial charge < -0.3 is 10.1 Å². The predicted octanol–water partition coefficient (Wildman–Crippen LogP) is 3.11. The number of ether oxygens (including phenoxy) is 1. The predicted molar refractivity (Wildman–Crippen MR) is 86.2 cm³/mol. The Morgan fingerprint density at radius 1 is 1.35 bits per heavy atom. The van der Waals surface area contributed by atoms with Gasteiger partial charge in [-0.2, -0.15) is 0 Å². The highest BCUT2D eigenvalue weighted by Crippen LogP contribution is 2.28. The van der Waals surface area contributed by atoms with Crippen LogP contribution in [0.5, 0.6) is 0 Å². The number of nitrogens with zero attached hydrogens (tertiary/aromatic N) is 1. The highest BCUT2D eigenvalue weighted by molar-refractivity contribution is 7.11. The highest BCUT2D eigenvalue weighted by atomic mass is 32.1. The van der Waals surface area contributed by atoms with Crippen molar-refractivity contribution < 1.29 is 4.74 Å². The molecule has 1 N–H and O–H groups in total. The van der Waals surface area contributed by atoms with Gasteiger partial charge >= 0.3 is 0 Å². The fourth-order valence-electron chi connectivity index (χ4n) is 2.09. The summed E-state index contributed by atoms with van der Waals surface area (Å²) in [7, 11) is 2.18. The first-order chi connectivity index (χ1) is 9.78. The van der Waals surface area contributed by atoms with Crippen molar-refractivity contribution in [3.63, 3.8) is 0 Å². The second kappa shape index (κ2) is 8.78. The molecule has 1 aromatic heterocycles. The summed E-state index contributed by atoms with van der Waals surface area (Å²) in [4.78, 5) is 5.23. The van der Waals surface area contributed by atoms with Crippen molar-refractivity contribution in [2.24, 2.45) is 5.92 Å². The minimum Gasteiger partial charge on any atom is -0.380 e. The van der Waals surface area contributed by atoms with E-state index in [-0.39, 0.29) is 0 Å². The number of hydrogen-bond donors (Lipinski definition) is 1. The molecule has 3 nitrogen and oxygen atoms in total. The maximum Gasteiger partial charge on any atom is 0.0593 e. The van der Waals surface area contributed by atoms with Gasteiger partial charge in [-0.05, 0) is 50.9 Å². The Morgan fingerprint density at radius 3 is 2.90 bits per heavy atom. The topological polar surface area (TPSA) is 24.5 Å². The molecule has 1 aromatic rings. The molecule has 2 rings (SSSR count). The molecule has 1 heterocycles. The quantitative estimate of drug-likeness (QED) is 0.635. The molecule has 0 unspecified atom stereocenters. The van der Waals surface area contributed by atoms with Gasteiger partial charge in [0.1, 0.15) is 0 Å². The number of likely N-dealkylation sites (N-methyl/N-ethyl adjacent to an activating group) is 1. The van der Waals surface area contributed by atoms with Crippen molar-refractivity contribution in [3.05, 3.63) is 21.9 Å². The highest BCUT2D eigenvalue weighted by Gasteiger charge is 2.20. The van der Waals surface area contributed by atoms with Crippen molar-refractivity contribution in [1.29, 1.82) is 0 Å². The maximum absolute atomic E-state index is 5.69. The average Bonchev–Trinajstić information content (AvgIpc) is 3.16. The van der Waals surface area contributed by atoms with Crippen LogP contribution in [0.1, 0.15) is 35.9 Å². The first-order valence-corrected chi connectivity index (χ1v) is 8.64. The molecular formula is C16H28N2OS. The van der Waals surface area contributed by atoms with E-state index >= 15 is 0 Å². The van der Waals surface area contributed by atoms with E-state index in [0.717, 1.165) is 45.3 Å². The molecule has 0 aliphatic heterocycles. The monoisotopic (exact) mass is 296 g/mol. The van der Waals surface area contributed by atoms with Crippen LogP contribution in [0, 0.1) is 5.92 Å². The van der Waals surface area contributed by atoms with Crippen molar-refractivity contribution in [3.8, 4) is 0 Å². The Labute approximate surface area is 127 Å². The van der Waals surface area contributed by atoms with Crippen LogP contribution in [0.15, 0.2) is 12.1 Å². The molecule has 0 bridgehead atoms. The van der Waals surface area contributed by atoms with Gasteiger partial charge in [0.25, 0.3) is 0 Å². The Hall–Kier alpha value is -0.420. The molecule has 1 saturated carbocycles. The zero-order valence-corrected chi connectivity index (χ0v) is 13.7. The first kappa shape index (κ1) is 16.0. The lowest BCUT2D eigenvalue weighted by Gasteiger charge is -2.15. The van der Waals surface area contributed by atoms with Crippen molar-refractivity contribution in [1.82, 2.24) is 10.2 Å². The van der Waals surface area contributed by atoms with Gasteiger partial charge in [0.15, 0.2) is 0 Å². The normalized spacial score (nSPS) is 15.2. The fourth-order valence-corrected chi connectivity index (χ4v) is 3.16. The molecule has 0 spiro atoms. The second-order valence-electron chi connectivity index (χ2n) is 5.80. The van der Waals surface area contributed by atoms with Crippen LogP contribution in [0.4, 0.5) is 0 Å². The Kier molecular flexibility index (Phi) is 7.00. The van der Waals surface area contributed by atoms with Crippen LogP contribution >= 0.6 is 11.3 Å². The van der Waals surface area contributed by atoms with Crippen molar-refractivity contribution in [2.45, 2.75) is 39.3 Å². The van der Waals surface area contributed by atoms with E-state index in [1.54, 1.807) is 0 Å². The summed E-state index contributed by atoms with van der Waals surface area (Å²) in [6.07, 6.45) is 3.95. The molecule has 1 fully saturated rings.